The summed E-state index contributed by atoms with van der Waals surface area (Å²) in [5, 5.41) is 9.19. The maximum Gasteiger partial charge on any atom is 0.389 e. The van der Waals surface area contributed by atoms with Crippen LogP contribution >= 0.6 is 0 Å². The SMILES string of the molecule is CS(=O)(=O)CC(=O)Nc1nn(CCCC(F)(F)F)c2c1C(=O)N[C@@H](CCc1cccc(OCCCC(F)(F)F)c1)C2. The van der Waals surface area contributed by atoms with Gasteiger partial charge in [-0.1, -0.05) is 12.1 Å². The molecule has 2 heterocycles. The maximum absolute atomic E-state index is 13.0. The number of aromatic nitrogens is 2. The van der Waals surface area contributed by atoms with Gasteiger partial charge in [0.2, 0.25) is 5.91 Å². The number of anilines is 1. The standard InChI is InChI=1S/C25H30F6N4O5S/c1-41(38,39)15-20(36)33-22-21-19(35(34-22)11-3-9-24(26,27)28)14-17(32-23(21)37)8-7-16-5-2-6-18(13-16)40-12-4-10-25(29,30)31/h2,5-6,13,17H,3-4,7-12,14-15H2,1H3,(H,32,37)(H,33,34,36)/t17-/m0/s1. The number of ether oxygens (including phenoxy) is 1. The number of carbonyl (C=O) groups is 2. The van der Waals surface area contributed by atoms with Crippen LogP contribution in [-0.4, -0.2) is 67.0 Å². The lowest BCUT2D eigenvalue weighted by Gasteiger charge is -2.25. The third-order valence-electron chi connectivity index (χ3n) is 6.09. The molecule has 2 amide bonds. The summed E-state index contributed by atoms with van der Waals surface area (Å²) in [6.07, 6.45) is -9.30. The number of alkyl halides is 6. The summed E-state index contributed by atoms with van der Waals surface area (Å²) >= 11 is 0. The van der Waals surface area contributed by atoms with E-state index in [4.69, 9.17) is 4.74 Å². The Balaban J connectivity index is 1.69. The Labute approximate surface area is 232 Å². The van der Waals surface area contributed by atoms with Crippen LogP contribution in [0.5, 0.6) is 5.75 Å². The number of hydrogen-bond acceptors (Lipinski definition) is 6. The molecule has 41 heavy (non-hydrogen) atoms. The van der Waals surface area contributed by atoms with Crippen LogP contribution in [-0.2, 0) is 34.0 Å². The number of aryl methyl sites for hydroxylation is 2. The van der Waals surface area contributed by atoms with Gasteiger partial charge in [-0.25, -0.2) is 8.42 Å². The van der Waals surface area contributed by atoms with Crippen molar-refractivity contribution in [3.63, 3.8) is 0 Å². The number of benzene rings is 1. The number of fused-ring (bicyclic) bond motifs is 1. The van der Waals surface area contributed by atoms with Crippen LogP contribution in [0.2, 0.25) is 0 Å². The van der Waals surface area contributed by atoms with Gasteiger partial charge in [0.25, 0.3) is 5.91 Å². The first-order valence-electron chi connectivity index (χ1n) is 12.7. The van der Waals surface area contributed by atoms with Crippen LogP contribution < -0.4 is 15.4 Å². The molecule has 0 unspecified atom stereocenters. The minimum absolute atomic E-state index is 0.0376. The summed E-state index contributed by atoms with van der Waals surface area (Å²) in [6, 6.07) is 6.33. The Kier molecular flexibility index (Phi) is 10.3. The third-order valence-corrected chi connectivity index (χ3v) is 6.88. The molecule has 0 fully saturated rings. The van der Waals surface area contributed by atoms with E-state index in [9.17, 15) is 44.3 Å². The van der Waals surface area contributed by atoms with Crippen molar-refractivity contribution in [2.75, 3.05) is 23.9 Å². The van der Waals surface area contributed by atoms with E-state index in [1.165, 1.54) is 4.68 Å². The fourth-order valence-electron chi connectivity index (χ4n) is 4.36. The van der Waals surface area contributed by atoms with E-state index in [2.05, 4.69) is 15.7 Å². The molecule has 0 radical (unpaired) electrons. The minimum atomic E-state index is -4.39. The lowest BCUT2D eigenvalue weighted by atomic mass is 9.96. The summed E-state index contributed by atoms with van der Waals surface area (Å²) in [5.74, 6) is -2.25. The third kappa shape index (κ3) is 10.9. The maximum atomic E-state index is 13.0. The molecule has 2 aromatic rings. The highest BCUT2D eigenvalue weighted by atomic mass is 32.2. The van der Waals surface area contributed by atoms with Crippen LogP contribution in [0.1, 0.15) is 53.7 Å². The zero-order valence-corrected chi connectivity index (χ0v) is 22.9. The van der Waals surface area contributed by atoms with Gasteiger partial charge in [-0.2, -0.15) is 31.4 Å². The highest BCUT2D eigenvalue weighted by Crippen LogP contribution is 2.28. The van der Waals surface area contributed by atoms with Gasteiger partial charge in [0.15, 0.2) is 15.7 Å². The molecule has 1 aliphatic heterocycles. The van der Waals surface area contributed by atoms with Gasteiger partial charge in [0.05, 0.1) is 12.3 Å². The number of amides is 2. The monoisotopic (exact) mass is 612 g/mol. The second-order valence-corrected chi connectivity index (χ2v) is 12.0. The van der Waals surface area contributed by atoms with Crippen LogP contribution in [0.25, 0.3) is 0 Å². The molecule has 2 N–H and O–H groups in total. The van der Waals surface area contributed by atoms with E-state index < -0.39 is 58.6 Å². The molecule has 1 aromatic heterocycles. The molecule has 0 bridgehead atoms. The highest BCUT2D eigenvalue weighted by Gasteiger charge is 2.33. The molecule has 1 aliphatic rings. The van der Waals surface area contributed by atoms with Gasteiger partial charge in [0, 0.05) is 38.1 Å². The molecule has 0 saturated carbocycles. The Morgan fingerprint density at radius 2 is 1.83 bits per heavy atom. The lowest BCUT2D eigenvalue weighted by Crippen LogP contribution is -2.42. The van der Waals surface area contributed by atoms with Crippen molar-refractivity contribution in [1.29, 1.82) is 0 Å². The number of nitrogens with one attached hydrogen (secondary N) is 2. The second kappa shape index (κ2) is 13.1. The topological polar surface area (TPSA) is 119 Å². The fourth-order valence-corrected chi connectivity index (χ4v) is 4.91. The number of carbonyl (C=O) groups excluding carboxylic acids is 2. The van der Waals surface area contributed by atoms with E-state index in [1.54, 1.807) is 24.3 Å². The first kappa shape index (κ1) is 32.2. The van der Waals surface area contributed by atoms with Gasteiger partial charge >= 0.3 is 12.4 Å². The largest absolute Gasteiger partial charge is 0.494 e. The van der Waals surface area contributed by atoms with Crippen molar-refractivity contribution >= 4 is 27.5 Å². The normalized spacial score (nSPS) is 15.8. The minimum Gasteiger partial charge on any atom is -0.494 e. The van der Waals surface area contributed by atoms with Crippen molar-refractivity contribution in [3.05, 3.63) is 41.1 Å². The smallest absolute Gasteiger partial charge is 0.389 e. The molecule has 228 valence electrons. The van der Waals surface area contributed by atoms with E-state index in [0.29, 0.717) is 24.3 Å². The van der Waals surface area contributed by atoms with Gasteiger partial charge in [0.1, 0.15) is 17.1 Å². The number of hydrogen-bond donors (Lipinski definition) is 2. The van der Waals surface area contributed by atoms with E-state index in [1.807, 2.05) is 0 Å². The Bertz CT molecular complexity index is 1340. The summed E-state index contributed by atoms with van der Waals surface area (Å²) in [4.78, 5) is 25.2. The Morgan fingerprint density at radius 1 is 1.15 bits per heavy atom. The predicted molar refractivity (Wildman–Crippen MR) is 136 cm³/mol. The van der Waals surface area contributed by atoms with Gasteiger partial charge < -0.3 is 15.4 Å². The average molecular weight is 613 g/mol. The molecule has 0 aliphatic carbocycles. The molecular formula is C25H30F6N4O5S. The molecule has 9 nitrogen and oxygen atoms in total. The second-order valence-electron chi connectivity index (χ2n) is 9.86. The number of rotatable bonds is 13. The van der Waals surface area contributed by atoms with Crippen molar-refractivity contribution in [3.8, 4) is 5.75 Å². The fraction of sp³-hybridized carbons (Fsp3) is 0.560. The van der Waals surface area contributed by atoms with Gasteiger partial charge in [-0.15, -0.1) is 0 Å². The first-order chi connectivity index (χ1) is 19.0. The van der Waals surface area contributed by atoms with Gasteiger partial charge in [-0.05, 0) is 43.4 Å². The molecule has 3 rings (SSSR count). The summed E-state index contributed by atoms with van der Waals surface area (Å²) in [5.41, 5.74) is 1.08. The van der Waals surface area contributed by atoms with Crippen molar-refractivity contribution < 1.29 is 49.1 Å². The Morgan fingerprint density at radius 3 is 2.49 bits per heavy atom. The predicted octanol–water partition coefficient (Wildman–Crippen LogP) is 4.22. The average Bonchev–Trinajstić information content (AvgIpc) is 3.15. The number of nitrogens with zero attached hydrogens (tertiary/aromatic N) is 2. The summed E-state index contributed by atoms with van der Waals surface area (Å²) in [7, 11) is -3.69. The molecule has 1 aromatic carbocycles. The Hall–Kier alpha value is -3.30. The molecule has 1 atom stereocenters. The van der Waals surface area contributed by atoms with Gasteiger partial charge in [-0.3, -0.25) is 14.3 Å². The van der Waals surface area contributed by atoms with Crippen molar-refractivity contribution in [2.45, 2.75) is 69.9 Å². The lowest BCUT2D eigenvalue weighted by molar-refractivity contribution is -0.137. The molecule has 0 spiro atoms. The number of sulfone groups is 1. The zero-order valence-electron chi connectivity index (χ0n) is 22.1. The highest BCUT2D eigenvalue weighted by molar-refractivity contribution is 7.91. The van der Waals surface area contributed by atoms with Crippen molar-refractivity contribution in [2.24, 2.45) is 0 Å². The molecule has 0 saturated heterocycles. The first-order valence-corrected chi connectivity index (χ1v) is 14.8. The van der Waals surface area contributed by atoms with E-state index >= 15 is 0 Å². The molecular weight excluding hydrogens is 582 g/mol. The van der Waals surface area contributed by atoms with Crippen molar-refractivity contribution in [1.82, 2.24) is 15.1 Å². The van der Waals surface area contributed by atoms with Crippen LogP contribution in [0.3, 0.4) is 0 Å². The van der Waals surface area contributed by atoms with Crippen LogP contribution in [0.4, 0.5) is 32.2 Å². The van der Waals surface area contributed by atoms with E-state index in [0.717, 1.165) is 11.8 Å². The molecule has 16 heteroatoms. The summed E-state index contributed by atoms with van der Waals surface area (Å²) < 4.78 is 105. The van der Waals surface area contributed by atoms with Crippen LogP contribution in [0, 0.1) is 0 Å². The van der Waals surface area contributed by atoms with Crippen LogP contribution in [0.15, 0.2) is 24.3 Å². The quantitative estimate of drug-likeness (QED) is 0.258. The summed E-state index contributed by atoms with van der Waals surface area (Å²) in [6.45, 7) is -0.288. The number of halogens is 6. The zero-order chi connectivity index (χ0) is 30.4. The van der Waals surface area contributed by atoms with E-state index in [-0.39, 0.29) is 43.8 Å².